The number of esters is 1. The summed E-state index contributed by atoms with van der Waals surface area (Å²) in [5, 5.41) is 1.53. The van der Waals surface area contributed by atoms with Gasteiger partial charge < -0.3 is 9.64 Å². The Balaban J connectivity index is 2.21. The standard InChI is InChI=1S/C19H23ClN2O3S/c1-5-25-18(24)14-12-26-15(21-14)11-22(19(2,3)4)17(23)16(20)13-9-7-6-8-10-13/h6-10,12,16H,5,11H2,1-4H3/t16-/m1/s1. The Bertz CT molecular complexity index is 756. The lowest BCUT2D eigenvalue weighted by molar-refractivity contribution is -0.136. The smallest absolute Gasteiger partial charge is 0.357 e. The van der Waals surface area contributed by atoms with Crippen LogP contribution in [0.4, 0.5) is 0 Å². The van der Waals surface area contributed by atoms with Gasteiger partial charge in [0.15, 0.2) is 5.69 Å². The summed E-state index contributed by atoms with van der Waals surface area (Å²) < 4.78 is 4.96. The van der Waals surface area contributed by atoms with Crippen LogP contribution in [0.5, 0.6) is 0 Å². The van der Waals surface area contributed by atoms with E-state index in [9.17, 15) is 9.59 Å². The minimum absolute atomic E-state index is 0.196. The number of hydrogen-bond acceptors (Lipinski definition) is 5. The maximum atomic E-state index is 13.0. The largest absolute Gasteiger partial charge is 0.461 e. The number of ether oxygens (including phenoxy) is 1. The maximum absolute atomic E-state index is 13.0. The minimum atomic E-state index is -0.778. The molecule has 0 N–H and O–H groups in total. The summed E-state index contributed by atoms with van der Waals surface area (Å²) in [6.07, 6.45) is 0. The van der Waals surface area contributed by atoms with Gasteiger partial charge in [-0.05, 0) is 33.3 Å². The number of thiazole rings is 1. The van der Waals surface area contributed by atoms with Crippen molar-refractivity contribution in [3.05, 3.63) is 52.0 Å². The zero-order valence-electron chi connectivity index (χ0n) is 15.4. The Labute approximate surface area is 162 Å². The van der Waals surface area contributed by atoms with Crippen LogP contribution in [-0.2, 0) is 16.1 Å². The molecule has 7 heteroatoms. The van der Waals surface area contributed by atoms with E-state index in [1.807, 2.05) is 51.1 Å². The van der Waals surface area contributed by atoms with Gasteiger partial charge in [0, 0.05) is 10.9 Å². The van der Waals surface area contributed by atoms with Gasteiger partial charge in [0.25, 0.3) is 0 Å². The van der Waals surface area contributed by atoms with E-state index in [0.29, 0.717) is 11.6 Å². The summed E-state index contributed by atoms with van der Waals surface area (Å²) >= 11 is 7.76. The third kappa shape index (κ3) is 5.05. The Morgan fingerprint density at radius 2 is 1.92 bits per heavy atom. The van der Waals surface area contributed by atoms with Crippen molar-refractivity contribution in [2.75, 3.05) is 6.61 Å². The van der Waals surface area contributed by atoms with E-state index >= 15 is 0 Å². The van der Waals surface area contributed by atoms with Crippen molar-refractivity contribution in [3.63, 3.8) is 0 Å². The molecule has 0 aliphatic heterocycles. The first-order chi connectivity index (χ1) is 12.2. The summed E-state index contributed by atoms with van der Waals surface area (Å²) in [6, 6.07) is 9.25. The molecule has 0 aliphatic rings. The molecule has 0 bridgehead atoms. The second-order valence-corrected chi connectivity index (χ2v) is 8.09. The fourth-order valence-electron chi connectivity index (χ4n) is 2.36. The molecule has 140 valence electrons. The number of carbonyl (C=O) groups excluding carboxylic acids is 2. The molecule has 0 spiro atoms. The van der Waals surface area contributed by atoms with Crippen LogP contribution in [0.25, 0.3) is 0 Å². The van der Waals surface area contributed by atoms with E-state index in [2.05, 4.69) is 4.98 Å². The fraction of sp³-hybridized carbons (Fsp3) is 0.421. The van der Waals surface area contributed by atoms with Gasteiger partial charge in [0.2, 0.25) is 5.91 Å². The first-order valence-corrected chi connectivity index (χ1v) is 9.67. The molecule has 1 aromatic carbocycles. The second kappa shape index (κ2) is 8.64. The number of carbonyl (C=O) groups is 2. The quantitative estimate of drug-likeness (QED) is 0.537. The van der Waals surface area contributed by atoms with Crippen LogP contribution in [0.15, 0.2) is 35.7 Å². The zero-order valence-corrected chi connectivity index (χ0v) is 16.9. The first-order valence-electron chi connectivity index (χ1n) is 8.36. The zero-order chi connectivity index (χ0) is 19.3. The monoisotopic (exact) mass is 394 g/mol. The summed E-state index contributed by atoms with van der Waals surface area (Å²) in [5.74, 6) is -0.651. The molecule has 0 aliphatic carbocycles. The van der Waals surface area contributed by atoms with Gasteiger partial charge in [0.1, 0.15) is 10.4 Å². The molecule has 1 aromatic heterocycles. The van der Waals surface area contributed by atoms with Crippen molar-refractivity contribution in [2.24, 2.45) is 0 Å². The second-order valence-electron chi connectivity index (χ2n) is 6.72. The number of benzene rings is 1. The Kier molecular flexibility index (Phi) is 6.78. The number of amides is 1. The number of nitrogens with zero attached hydrogens (tertiary/aromatic N) is 2. The molecule has 1 atom stereocenters. The van der Waals surface area contributed by atoms with E-state index in [-0.39, 0.29) is 18.1 Å². The van der Waals surface area contributed by atoms with E-state index in [1.54, 1.807) is 17.2 Å². The Morgan fingerprint density at radius 1 is 1.27 bits per heavy atom. The van der Waals surface area contributed by atoms with Crippen molar-refractivity contribution in [2.45, 2.75) is 45.2 Å². The number of halogens is 1. The van der Waals surface area contributed by atoms with Gasteiger partial charge in [0.05, 0.1) is 13.2 Å². The predicted octanol–water partition coefficient (Wildman–Crippen LogP) is 4.43. The molecule has 0 saturated heterocycles. The summed E-state index contributed by atoms with van der Waals surface area (Å²) in [7, 11) is 0. The SMILES string of the molecule is CCOC(=O)c1csc(CN(C(=O)[C@H](Cl)c2ccccc2)C(C)(C)C)n1. The highest BCUT2D eigenvalue weighted by molar-refractivity contribution is 7.09. The molecule has 1 heterocycles. The van der Waals surface area contributed by atoms with Crippen molar-refractivity contribution in [1.29, 1.82) is 0 Å². The number of aromatic nitrogens is 1. The van der Waals surface area contributed by atoms with Crippen LogP contribution in [0.3, 0.4) is 0 Å². The average molecular weight is 395 g/mol. The van der Waals surface area contributed by atoms with E-state index in [0.717, 1.165) is 5.56 Å². The van der Waals surface area contributed by atoms with Crippen LogP contribution in [-0.4, -0.2) is 33.9 Å². The Morgan fingerprint density at radius 3 is 2.50 bits per heavy atom. The molecule has 2 aromatic rings. The van der Waals surface area contributed by atoms with Gasteiger partial charge in [-0.25, -0.2) is 9.78 Å². The molecule has 0 saturated carbocycles. The van der Waals surface area contributed by atoms with E-state index in [4.69, 9.17) is 16.3 Å². The lowest BCUT2D eigenvalue weighted by atomic mass is 10.0. The van der Waals surface area contributed by atoms with Crippen molar-refractivity contribution >= 4 is 34.8 Å². The lowest BCUT2D eigenvalue weighted by Crippen LogP contribution is -2.46. The third-order valence-electron chi connectivity index (χ3n) is 3.71. The third-order valence-corrected chi connectivity index (χ3v) is 4.99. The molecule has 0 unspecified atom stereocenters. The number of hydrogen-bond donors (Lipinski definition) is 0. The fourth-order valence-corrected chi connectivity index (χ4v) is 3.38. The molecule has 0 radical (unpaired) electrons. The number of alkyl halides is 1. The van der Waals surface area contributed by atoms with Crippen molar-refractivity contribution in [3.8, 4) is 0 Å². The topological polar surface area (TPSA) is 59.5 Å². The molecule has 0 fully saturated rings. The van der Waals surface area contributed by atoms with Crippen LogP contribution in [0.1, 0.15) is 54.1 Å². The number of rotatable bonds is 6. The van der Waals surface area contributed by atoms with Gasteiger partial charge in [-0.3, -0.25) is 4.79 Å². The lowest BCUT2D eigenvalue weighted by Gasteiger charge is -2.36. The molecule has 26 heavy (non-hydrogen) atoms. The minimum Gasteiger partial charge on any atom is -0.461 e. The molecular weight excluding hydrogens is 372 g/mol. The van der Waals surface area contributed by atoms with Crippen LogP contribution in [0, 0.1) is 0 Å². The molecule has 1 amide bonds. The van der Waals surface area contributed by atoms with Crippen molar-refractivity contribution < 1.29 is 14.3 Å². The van der Waals surface area contributed by atoms with E-state index in [1.165, 1.54) is 11.3 Å². The van der Waals surface area contributed by atoms with E-state index < -0.39 is 16.9 Å². The highest BCUT2D eigenvalue weighted by Gasteiger charge is 2.32. The van der Waals surface area contributed by atoms with Crippen LogP contribution >= 0.6 is 22.9 Å². The first kappa shape index (κ1) is 20.4. The van der Waals surface area contributed by atoms with Crippen LogP contribution < -0.4 is 0 Å². The summed E-state index contributed by atoms with van der Waals surface area (Å²) in [4.78, 5) is 30.8. The van der Waals surface area contributed by atoms with Gasteiger partial charge in [-0.2, -0.15) is 0 Å². The predicted molar refractivity (Wildman–Crippen MR) is 103 cm³/mol. The summed E-state index contributed by atoms with van der Waals surface area (Å²) in [6.45, 7) is 8.15. The molecule has 5 nitrogen and oxygen atoms in total. The van der Waals surface area contributed by atoms with Gasteiger partial charge in [-0.1, -0.05) is 30.3 Å². The average Bonchev–Trinajstić information content (AvgIpc) is 3.07. The van der Waals surface area contributed by atoms with Crippen LogP contribution in [0.2, 0.25) is 0 Å². The maximum Gasteiger partial charge on any atom is 0.357 e. The summed E-state index contributed by atoms with van der Waals surface area (Å²) in [5.41, 5.74) is 0.563. The molecule has 2 rings (SSSR count). The van der Waals surface area contributed by atoms with Gasteiger partial charge in [-0.15, -0.1) is 22.9 Å². The normalized spacial score (nSPS) is 12.5. The van der Waals surface area contributed by atoms with Crippen molar-refractivity contribution in [1.82, 2.24) is 9.88 Å². The highest BCUT2D eigenvalue weighted by Crippen LogP contribution is 2.28. The highest BCUT2D eigenvalue weighted by atomic mass is 35.5. The Hall–Kier alpha value is -1.92. The molecular formula is C19H23ClN2O3S. The van der Waals surface area contributed by atoms with Gasteiger partial charge >= 0.3 is 5.97 Å².